The molecule has 9 nitrogen and oxygen atoms in total. The number of carbonyl (C=O) groups is 1. The molecular formula is C26H25F3N6O3S. The molecule has 0 unspecified atom stereocenters. The molecule has 3 heterocycles. The first-order valence-electron chi connectivity index (χ1n) is 12.2. The first kappa shape index (κ1) is 26.8. The van der Waals surface area contributed by atoms with E-state index >= 15 is 0 Å². The number of thiazole rings is 1. The Morgan fingerprint density at radius 3 is 2.72 bits per heavy atom. The van der Waals surface area contributed by atoms with E-state index in [0.717, 1.165) is 28.3 Å². The molecule has 1 amide bonds. The van der Waals surface area contributed by atoms with Gasteiger partial charge in [-0.3, -0.25) is 4.79 Å². The lowest BCUT2D eigenvalue weighted by molar-refractivity contribution is -0.141. The number of hydrogen-bond acceptors (Lipinski definition) is 9. The van der Waals surface area contributed by atoms with Crippen molar-refractivity contribution >= 4 is 28.9 Å². The van der Waals surface area contributed by atoms with E-state index in [4.69, 9.17) is 4.42 Å². The molecule has 3 aromatic heterocycles. The summed E-state index contributed by atoms with van der Waals surface area (Å²) in [5.74, 6) is -0.452. The van der Waals surface area contributed by atoms with Gasteiger partial charge in [0.1, 0.15) is 22.6 Å². The number of aromatic nitrogens is 4. The number of aliphatic hydroxyl groups is 1. The van der Waals surface area contributed by atoms with Crippen LogP contribution in [0.2, 0.25) is 0 Å². The first-order valence-corrected chi connectivity index (χ1v) is 13.0. The van der Waals surface area contributed by atoms with Crippen LogP contribution in [0.1, 0.15) is 47.6 Å². The van der Waals surface area contributed by atoms with Crippen molar-refractivity contribution in [2.75, 3.05) is 5.32 Å². The molecule has 0 atom stereocenters. The van der Waals surface area contributed by atoms with Crippen molar-refractivity contribution in [3.63, 3.8) is 0 Å². The number of rotatable bonds is 7. The summed E-state index contributed by atoms with van der Waals surface area (Å²) in [5.41, 5.74) is 0.654. The van der Waals surface area contributed by atoms with Crippen LogP contribution in [0.25, 0.3) is 10.4 Å². The average molecular weight is 559 g/mol. The fraction of sp³-hybridized carbons (Fsp3) is 0.346. The molecule has 13 heteroatoms. The predicted octanol–water partition coefficient (Wildman–Crippen LogP) is 5.35. The Labute approximate surface area is 225 Å². The van der Waals surface area contributed by atoms with Crippen molar-refractivity contribution in [1.82, 2.24) is 25.3 Å². The Morgan fingerprint density at radius 2 is 2.00 bits per heavy atom. The van der Waals surface area contributed by atoms with Crippen LogP contribution in [0, 0.1) is 12.8 Å². The summed E-state index contributed by atoms with van der Waals surface area (Å²) < 4.78 is 44.0. The largest absolute Gasteiger partial charge is 0.451 e. The van der Waals surface area contributed by atoms with Crippen LogP contribution in [0.4, 0.5) is 24.8 Å². The summed E-state index contributed by atoms with van der Waals surface area (Å²) in [5, 5.41) is 17.6. The van der Waals surface area contributed by atoms with Crippen molar-refractivity contribution < 1.29 is 27.5 Å². The Morgan fingerprint density at radius 1 is 1.21 bits per heavy atom. The molecule has 0 saturated heterocycles. The quantitative estimate of drug-likeness (QED) is 0.277. The lowest BCUT2D eigenvalue weighted by atomic mass is 9.78. The highest BCUT2D eigenvalue weighted by Gasteiger charge is 2.39. The van der Waals surface area contributed by atoms with Crippen molar-refractivity contribution in [1.29, 1.82) is 0 Å². The fourth-order valence-electron chi connectivity index (χ4n) is 4.54. The van der Waals surface area contributed by atoms with Crippen LogP contribution >= 0.6 is 11.3 Å². The molecule has 0 spiro atoms. The number of anilines is 2. The molecule has 1 fully saturated rings. The summed E-state index contributed by atoms with van der Waals surface area (Å²) in [7, 11) is 0. The fourth-order valence-corrected chi connectivity index (χ4v) is 5.59. The topological polar surface area (TPSA) is 126 Å². The maximum absolute atomic E-state index is 13.0. The van der Waals surface area contributed by atoms with Crippen molar-refractivity contribution in [3.05, 3.63) is 71.3 Å². The van der Waals surface area contributed by atoms with Gasteiger partial charge in [-0.2, -0.15) is 13.2 Å². The number of nitrogens with zero attached hydrogens (tertiary/aromatic N) is 4. The van der Waals surface area contributed by atoms with Gasteiger partial charge in [-0.05, 0) is 61.9 Å². The van der Waals surface area contributed by atoms with Gasteiger partial charge in [-0.15, -0.1) is 11.3 Å². The molecule has 1 saturated carbocycles. The van der Waals surface area contributed by atoms with Gasteiger partial charge in [0.15, 0.2) is 6.39 Å². The second-order valence-corrected chi connectivity index (χ2v) is 10.5. The van der Waals surface area contributed by atoms with Gasteiger partial charge in [0.2, 0.25) is 11.9 Å². The molecular weight excluding hydrogens is 533 g/mol. The predicted molar refractivity (Wildman–Crippen MR) is 137 cm³/mol. The minimum absolute atomic E-state index is 0.0792. The number of hydrogen-bond donors (Lipinski definition) is 3. The van der Waals surface area contributed by atoms with Crippen LogP contribution in [-0.2, 0) is 23.1 Å². The third kappa shape index (κ3) is 6.25. The van der Waals surface area contributed by atoms with E-state index in [9.17, 15) is 23.1 Å². The van der Waals surface area contributed by atoms with E-state index in [2.05, 4.69) is 30.6 Å². The lowest BCUT2D eigenvalue weighted by Gasteiger charge is -2.33. The number of alkyl halides is 3. The van der Waals surface area contributed by atoms with Crippen LogP contribution < -0.4 is 10.6 Å². The minimum atomic E-state index is -4.57. The second kappa shape index (κ2) is 10.7. The van der Waals surface area contributed by atoms with Crippen LogP contribution in [0.15, 0.2) is 53.7 Å². The number of aryl methyl sites for hydroxylation is 1. The summed E-state index contributed by atoms with van der Waals surface area (Å²) in [6.07, 6.45) is 2.78. The van der Waals surface area contributed by atoms with Gasteiger partial charge in [0, 0.05) is 24.0 Å². The van der Waals surface area contributed by atoms with Crippen molar-refractivity contribution in [2.24, 2.45) is 5.92 Å². The van der Waals surface area contributed by atoms with E-state index in [1.165, 1.54) is 24.0 Å². The second-order valence-electron chi connectivity index (χ2n) is 9.51. The zero-order chi connectivity index (χ0) is 27.6. The number of carbonyl (C=O) groups excluding carboxylic acids is 1. The Kier molecular flexibility index (Phi) is 7.36. The molecule has 0 radical (unpaired) electrons. The summed E-state index contributed by atoms with van der Waals surface area (Å²) in [4.78, 5) is 29.3. The van der Waals surface area contributed by atoms with Crippen LogP contribution in [0.3, 0.4) is 0 Å². The summed E-state index contributed by atoms with van der Waals surface area (Å²) in [6.45, 7) is 2.16. The highest BCUT2D eigenvalue weighted by molar-refractivity contribution is 7.15. The van der Waals surface area contributed by atoms with Gasteiger partial charge in [0.25, 0.3) is 0 Å². The lowest BCUT2D eigenvalue weighted by Crippen LogP contribution is -2.38. The van der Waals surface area contributed by atoms with E-state index in [0.29, 0.717) is 48.6 Å². The maximum atomic E-state index is 13.0. The van der Waals surface area contributed by atoms with Gasteiger partial charge in [-0.1, -0.05) is 6.07 Å². The summed E-state index contributed by atoms with van der Waals surface area (Å²) >= 11 is 1.35. The molecule has 0 aliphatic heterocycles. The minimum Gasteiger partial charge on any atom is -0.451 e. The zero-order valence-electron chi connectivity index (χ0n) is 20.8. The first-order chi connectivity index (χ1) is 18.6. The zero-order valence-corrected chi connectivity index (χ0v) is 21.6. The monoisotopic (exact) mass is 558 g/mol. The third-order valence-electron chi connectivity index (χ3n) is 6.58. The number of nitrogens with one attached hydrogen (secondary N) is 2. The Bertz CT molecular complexity index is 1450. The van der Waals surface area contributed by atoms with Crippen LogP contribution in [-0.4, -0.2) is 30.9 Å². The highest BCUT2D eigenvalue weighted by atomic mass is 32.1. The van der Waals surface area contributed by atoms with Crippen molar-refractivity contribution in [2.45, 2.75) is 50.9 Å². The van der Waals surface area contributed by atoms with E-state index in [1.807, 2.05) is 13.0 Å². The van der Waals surface area contributed by atoms with Gasteiger partial charge >= 0.3 is 6.18 Å². The average Bonchev–Trinajstić information content (AvgIpc) is 3.60. The highest BCUT2D eigenvalue weighted by Crippen LogP contribution is 2.43. The SMILES string of the molecule is Cc1cc(Nc2nccc(C(F)(F)F)n2)cc(-c2cnc(C3(O)CCC(C(=O)NCc4cocn4)CC3)s2)c1. The van der Waals surface area contributed by atoms with E-state index < -0.39 is 17.5 Å². The van der Waals surface area contributed by atoms with Gasteiger partial charge in [0.05, 0.1) is 17.1 Å². The Balaban J connectivity index is 1.25. The molecule has 1 aliphatic carbocycles. The van der Waals surface area contributed by atoms with E-state index in [-0.39, 0.29) is 17.8 Å². The molecule has 1 aromatic carbocycles. The maximum Gasteiger partial charge on any atom is 0.433 e. The van der Waals surface area contributed by atoms with Crippen LogP contribution in [0.5, 0.6) is 0 Å². The third-order valence-corrected chi connectivity index (χ3v) is 7.82. The summed E-state index contributed by atoms with van der Waals surface area (Å²) in [6, 6.07) is 6.29. The normalized spacial score (nSPS) is 19.6. The standard InChI is InChI=1S/C26H25F3N6O3S/c1-15-8-17(10-18(9-15)34-24-30-7-4-21(35-24)26(27,28)29)20-12-32-23(39-20)25(37)5-2-16(3-6-25)22(36)31-11-19-13-38-14-33-19/h4,7-10,12-14,16,37H,2-3,5-6,11H2,1H3,(H,31,36)(H,30,34,35). The molecule has 3 N–H and O–H groups in total. The molecule has 204 valence electrons. The number of oxazole rings is 1. The van der Waals surface area contributed by atoms with Crippen molar-refractivity contribution in [3.8, 4) is 10.4 Å². The number of benzene rings is 1. The molecule has 5 rings (SSSR count). The number of halogens is 3. The van der Waals surface area contributed by atoms with Gasteiger partial charge < -0.3 is 20.2 Å². The van der Waals surface area contributed by atoms with E-state index in [1.54, 1.807) is 18.3 Å². The molecule has 0 bridgehead atoms. The molecule has 39 heavy (non-hydrogen) atoms. The Hall–Kier alpha value is -3.84. The van der Waals surface area contributed by atoms with Gasteiger partial charge in [-0.25, -0.2) is 19.9 Å². The molecule has 4 aromatic rings. The smallest absolute Gasteiger partial charge is 0.433 e. The molecule has 1 aliphatic rings. The number of amides is 1.